The highest BCUT2D eigenvalue weighted by molar-refractivity contribution is 5.91. The van der Waals surface area contributed by atoms with E-state index >= 15 is 0 Å². The van der Waals surface area contributed by atoms with Gasteiger partial charge in [-0.1, -0.05) is 13.8 Å². The molecule has 1 heterocycles. The standard InChI is InChI=1S/C32H38N2O9/c1-5-23(4)30(35)41-19-17-39-15-14-38-16-18-40-27-10-8-25(9-11-27)31(36)43-28-12-6-24(7-13-28)29-33-20-26(21-34-29)32(37)42-22(2)3/h6-13,20-23H,5,14-19H2,1-4H3. The maximum atomic E-state index is 12.6. The molecule has 230 valence electrons. The van der Waals surface area contributed by atoms with Crippen LogP contribution in [0, 0.1) is 5.92 Å². The summed E-state index contributed by atoms with van der Waals surface area (Å²) in [7, 11) is 0. The predicted octanol–water partition coefficient (Wildman–Crippen LogP) is 4.93. The zero-order valence-corrected chi connectivity index (χ0v) is 24.9. The van der Waals surface area contributed by atoms with E-state index in [0.29, 0.717) is 61.5 Å². The van der Waals surface area contributed by atoms with E-state index in [-0.39, 0.29) is 30.2 Å². The third-order valence-corrected chi connectivity index (χ3v) is 6.00. The fourth-order valence-electron chi connectivity index (χ4n) is 3.44. The number of hydrogen-bond donors (Lipinski definition) is 0. The zero-order chi connectivity index (χ0) is 31.0. The van der Waals surface area contributed by atoms with Crippen molar-refractivity contribution < 1.29 is 42.8 Å². The van der Waals surface area contributed by atoms with Crippen molar-refractivity contribution in [3.8, 4) is 22.9 Å². The molecule has 0 aliphatic heterocycles. The van der Waals surface area contributed by atoms with E-state index < -0.39 is 11.9 Å². The minimum Gasteiger partial charge on any atom is -0.491 e. The van der Waals surface area contributed by atoms with Gasteiger partial charge in [0.05, 0.1) is 49.6 Å². The fourth-order valence-corrected chi connectivity index (χ4v) is 3.44. The summed E-state index contributed by atoms with van der Waals surface area (Å²) in [5.41, 5.74) is 1.33. The zero-order valence-electron chi connectivity index (χ0n) is 24.9. The lowest BCUT2D eigenvalue weighted by molar-refractivity contribution is -0.149. The number of hydrogen-bond acceptors (Lipinski definition) is 11. The predicted molar refractivity (Wildman–Crippen MR) is 157 cm³/mol. The highest BCUT2D eigenvalue weighted by Gasteiger charge is 2.13. The summed E-state index contributed by atoms with van der Waals surface area (Å²) in [6.45, 7) is 9.34. The van der Waals surface area contributed by atoms with Crippen molar-refractivity contribution in [2.75, 3.05) is 39.6 Å². The fraction of sp³-hybridized carbons (Fsp3) is 0.406. The van der Waals surface area contributed by atoms with Gasteiger partial charge in [0, 0.05) is 18.0 Å². The molecule has 1 atom stereocenters. The molecule has 11 nitrogen and oxygen atoms in total. The first-order valence-electron chi connectivity index (χ1n) is 14.2. The van der Waals surface area contributed by atoms with Crippen LogP contribution in [0.3, 0.4) is 0 Å². The highest BCUT2D eigenvalue weighted by Crippen LogP contribution is 2.21. The lowest BCUT2D eigenvalue weighted by Crippen LogP contribution is -2.18. The van der Waals surface area contributed by atoms with Crippen molar-refractivity contribution in [2.45, 2.75) is 40.2 Å². The first kappa shape index (κ1) is 33.2. The Labute approximate surface area is 251 Å². The Morgan fingerprint density at radius 1 is 0.698 bits per heavy atom. The van der Waals surface area contributed by atoms with Crippen LogP contribution in [0.25, 0.3) is 11.4 Å². The summed E-state index contributed by atoms with van der Waals surface area (Å²) in [6.07, 6.45) is 3.34. The molecule has 0 aliphatic rings. The van der Waals surface area contributed by atoms with Crippen LogP contribution >= 0.6 is 0 Å². The Kier molecular flexibility index (Phi) is 13.5. The summed E-state index contributed by atoms with van der Waals surface area (Å²) >= 11 is 0. The van der Waals surface area contributed by atoms with Crippen LogP contribution in [-0.2, 0) is 23.7 Å². The van der Waals surface area contributed by atoms with E-state index in [0.717, 1.165) is 6.42 Å². The Hall–Kier alpha value is -4.35. The first-order chi connectivity index (χ1) is 20.8. The molecule has 3 rings (SSSR count). The number of carbonyl (C=O) groups excluding carboxylic acids is 3. The molecular formula is C32H38N2O9. The molecule has 0 bridgehead atoms. The third-order valence-electron chi connectivity index (χ3n) is 6.00. The normalized spacial score (nSPS) is 11.6. The Morgan fingerprint density at radius 3 is 1.88 bits per heavy atom. The minimum absolute atomic E-state index is 0.101. The van der Waals surface area contributed by atoms with Crippen molar-refractivity contribution in [3.63, 3.8) is 0 Å². The topological polar surface area (TPSA) is 132 Å². The van der Waals surface area contributed by atoms with Crippen LogP contribution in [0.1, 0.15) is 54.8 Å². The summed E-state index contributed by atoms with van der Waals surface area (Å²) in [6, 6.07) is 13.3. The van der Waals surface area contributed by atoms with E-state index in [2.05, 4.69) is 9.97 Å². The van der Waals surface area contributed by atoms with E-state index in [1.807, 2.05) is 13.8 Å². The molecule has 11 heteroatoms. The smallest absolute Gasteiger partial charge is 0.343 e. The van der Waals surface area contributed by atoms with Gasteiger partial charge in [-0.15, -0.1) is 0 Å². The number of aromatic nitrogens is 2. The van der Waals surface area contributed by atoms with Crippen LogP contribution in [0.4, 0.5) is 0 Å². The van der Waals surface area contributed by atoms with Crippen molar-refractivity contribution in [1.29, 1.82) is 0 Å². The number of carbonyl (C=O) groups is 3. The summed E-state index contributed by atoms with van der Waals surface area (Å²) in [5.74, 6) is 0.0679. The Balaban J connectivity index is 1.33. The van der Waals surface area contributed by atoms with E-state index in [9.17, 15) is 14.4 Å². The molecule has 0 amide bonds. The van der Waals surface area contributed by atoms with Crippen molar-refractivity contribution in [2.24, 2.45) is 5.92 Å². The van der Waals surface area contributed by atoms with E-state index in [4.69, 9.17) is 28.4 Å². The molecule has 0 aliphatic carbocycles. The van der Waals surface area contributed by atoms with Gasteiger partial charge in [0.25, 0.3) is 0 Å². The van der Waals surface area contributed by atoms with Crippen LogP contribution < -0.4 is 9.47 Å². The third kappa shape index (κ3) is 11.4. The van der Waals surface area contributed by atoms with Crippen molar-refractivity contribution in [1.82, 2.24) is 9.97 Å². The molecule has 43 heavy (non-hydrogen) atoms. The monoisotopic (exact) mass is 594 g/mol. The molecule has 0 saturated carbocycles. The van der Waals surface area contributed by atoms with Crippen LogP contribution in [-0.4, -0.2) is 73.6 Å². The molecule has 3 aromatic rings. The van der Waals surface area contributed by atoms with E-state index in [1.165, 1.54) is 12.4 Å². The number of esters is 3. The second kappa shape index (κ2) is 17.6. The Morgan fingerprint density at radius 2 is 1.28 bits per heavy atom. The average Bonchev–Trinajstić information content (AvgIpc) is 3.01. The van der Waals surface area contributed by atoms with Crippen LogP contribution in [0.5, 0.6) is 11.5 Å². The molecule has 1 aromatic heterocycles. The van der Waals surface area contributed by atoms with Crippen molar-refractivity contribution >= 4 is 17.9 Å². The summed E-state index contributed by atoms with van der Waals surface area (Å²) in [5, 5.41) is 0. The van der Waals surface area contributed by atoms with Gasteiger partial charge in [-0.2, -0.15) is 0 Å². The molecule has 1 unspecified atom stereocenters. The van der Waals surface area contributed by atoms with Gasteiger partial charge < -0.3 is 28.4 Å². The summed E-state index contributed by atoms with van der Waals surface area (Å²) < 4.78 is 32.2. The van der Waals surface area contributed by atoms with Gasteiger partial charge in [0.2, 0.25) is 0 Å². The molecule has 0 spiro atoms. The molecule has 0 radical (unpaired) electrons. The molecule has 0 saturated heterocycles. The van der Waals surface area contributed by atoms with Gasteiger partial charge in [0.1, 0.15) is 24.7 Å². The highest BCUT2D eigenvalue weighted by atomic mass is 16.6. The Bertz CT molecular complexity index is 1290. The number of ether oxygens (including phenoxy) is 6. The lowest BCUT2D eigenvalue weighted by Gasteiger charge is -2.10. The number of benzene rings is 2. The first-order valence-corrected chi connectivity index (χ1v) is 14.2. The second-order valence-electron chi connectivity index (χ2n) is 9.74. The quantitative estimate of drug-likeness (QED) is 0.120. The molecular weight excluding hydrogens is 556 g/mol. The molecule has 0 N–H and O–H groups in total. The minimum atomic E-state index is -0.512. The second-order valence-corrected chi connectivity index (χ2v) is 9.74. The van der Waals surface area contributed by atoms with E-state index in [1.54, 1.807) is 62.4 Å². The van der Waals surface area contributed by atoms with Gasteiger partial charge >= 0.3 is 17.9 Å². The molecule has 2 aromatic carbocycles. The molecule has 0 fully saturated rings. The van der Waals surface area contributed by atoms with Gasteiger partial charge in [0.15, 0.2) is 5.82 Å². The lowest BCUT2D eigenvalue weighted by atomic mass is 10.1. The maximum Gasteiger partial charge on any atom is 0.343 e. The van der Waals surface area contributed by atoms with Gasteiger partial charge in [-0.05, 0) is 68.8 Å². The van der Waals surface area contributed by atoms with Crippen LogP contribution in [0.15, 0.2) is 60.9 Å². The van der Waals surface area contributed by atoms with Crippen LogP contribution in [0.2, 0.25) is 0 Å². The largest absolute Gasteiger partial charge is 0.491 e. The van der Waals surface area contributed by atoms with Gasteiger partial charge in [-0.25, -0.2) is 19.6 Å². The van der Waals surface area contributed by atoms with Gasteiger partial charge in [-0.3, -0.25) is 4.79 Å². The SMILES string of the molecule is CCC(C)C(=O)OCCOCCOCCOc1ccc(C(=O)Oc2ccc(-c3ncc(C(=O)OC(C)C)cn3)cc2)cc1. The number of rotatable bonds is 17. The number of nitrogens with zero attached hydrogens (tertiary/aromatic N) is 2. The van der Waals surface area contributed by atoms with Crippen molar-refractivity contribution in [3.05, 3.63) is 72.1 Å². The summed E-state index contributed by atoms with van der Waals surface area (Å²) in [4.78, 5) is 44.5. The average molecular weight is 595 g/mol. The maximum absolute atomic E-state index is 12.6.